The molecular weight excluding hydrogens is 286 g/mol. The maximum absolute atomic E-state index is 4.26. The Hall–Kier alpha value is -1.07. The van der Waals surface area contributed by atoms with Crippen molar-refractivity contribution in [2.45, 2.75) is 13.1 Å². The number of thiophene rings is 1. The van der Waals surface area contributed by atoms with E-state index >= 15 is 0 Å². The summed E-state index contributed by atoms with van der Waals surface area (Å²) in [6, 6.07) is 2.05. The highest BCUT2D eigenvalue weighted by Crippen LogP contribution is 2.23. The lowest BCUT2D eigenvalue weighted by molar-refractivity contribution is 0.821. The lowest BCUT2D eigenvalue weighted by Gasteiger charge is -2.07. The van der Waals surface area contributed by atoms with E-state index in [-0.39, 0.29) is 0 Å². The third-order valence-electron chi connectivity index (χ3n) is 2.14. The molecule has 2 aromatic rings. The van der Waals surface area contributed by atoms with Gasteiger partial charge in [-0.2, -0.15) is 0 Å². The zero-order valence-electron chi connectivity index (χ0n) is 8.69. The fraction of sp³-hybridized carbons (Fsp3) is 0.182. The van der Waals surface area contributed by atoms with Crippen LogP contribution in [0.1, 0.15) is 4.88 Å². The van der Waals surface area contributed by atoms with Crippen LogP contribution in [-0.4, -0.2) is 9.55 Å². The molecule has 0 atom stereocenters. The second-order valence-corrected chi connectivity index (χ2v) is 5.09. The average molecular weight is 298 g/mol. The number of hydrogen-bond donors (Lipinski definition) is 1. The number of rotatable bonds is 5. The Balaban J connectivity index is 2.02. The Labute approximate surface area is 107 Å². The van der Waals surface area contributed by atoms with Crippen molar-refractivity contribution < 1.29 is 0 Å². The largest absolute Gasteiger partial charge is 0.351 e. The van der Waals surface area contributed by atoms with Gasteiger partial charge in [0.2, 0.25) is 5.95 Å². The van der Waals surface area contributed by atoms with E-state index in [9.17, 15) is 0 Å². The standard InChI is InChI=1S/C11H12BrN3S/c1-2-5-15-6-4-13-11(15)14-8-10-9(12)3-7-16-10/h2-4,6-7H,1,5,8H2,(H,13,14). The minimum absolute atomic E-state index is 0.772. The van der Waals surface area contributed by atoms with Gasteiger partial charge in [-0.1, -0.05) is 6.08 Å². The molecule has 2 aromatic heterocycles. The minimum Gasteiger partial charge on any atom is -0.351 e. The number of allylic oxidation sites excluding steroid dienone is 1. The fourth-order valence-corrected chi connectivity index (χ4v) is 2.81. The van der Waals surface area contributed by atoms with E-state index in [1.807, 2.05) is 16.8 Å². The maximum Gasteiger partial charge on any atom is 0.203 e. The lowest BCUT2D eigenvalue weighted by Crippen LogP contribution is -2.05. The Bertz CT molecular complexity index is 475. The molecule has 0 aliphatic carbocycles. The summed E-state index contributed by atoms with van der Waals surface area (Å²) >= 11 is 5.23. The maximum atomic E-state index is 4.26. The molecule has 0 fully saturated rings. The van der Waals surface area contributed by atoms with Crippen molar-refractivity contribution in [3.05, 3.63) is 45.8 Å². The smallest absolute Gasteiger partial charge is 0.203 e. The lowest BCUT2D eigenvalue weighted by atomic mass is 10.4. The minimum atomic E-state index is 0.772. The van der Waals surface area contributed by atoms with Crippen molar-refractivity contribution in [3.8, 4) is 0 Å². The van der Waals surface area contributed by atoms with Crippen molar-refractivity contribution in [3.63, 3.8) is 0 Å². The third-order valence-corrected chi connectivity index (χ3v) is 4.07. The van der Waals surface area contributed by atoms with E-state index in [1.165, 1.54) is 4.88 Å². The Morgan fingerprint density at radius 2 is 2.50 bits per heavy atom. The molecule has 2 rings (SSSR count). The van der Waals surface area contributed by atoms with Crippen molar-refractivity contribution in [1.29, 1.82) is 0 Å². The van der Waals surface area contributed by atoms with Crippen LogP contribution >= 0.6 is 27.3 Å². The third kappa shape index (κ3) is 2.54. The van der Waals surface area contributed by atoms with Crippen LogP contribution in [0.4, 0.5) is 5.95 Å². The number of anilines is 1. The van der Waals surface area contributed by atoms with Gasteiger partial charge < -0.3 is 9.88 Å². The van der Waals surface area contributed by atoms with Gasteiger partial charge in [0.1, 0.15) is 0 Å². The summed E-state index contributed by atoms with van der Waals surface area (Å²) in [4.78, 5) is 5.53. The number of aromatic nitrogens is 2. The first-order valence-corrected chi connectivity index (χ1v) is 6.56. The summed E-state index contributed by atoms with van der Waals surface area (Å²) in [5.41, 5.74) is 0. The molecule has 0 bridgehead atoms. The van der Waals surface area contributed by atoms with Gasteiger partial charge in [-0.25, -0.2) is 4.98 Å². The van der Waals surface area contributed by atoms with Crippen LogP contribution in [0.15, 0.2) is 41.0 Å². The van der Waals surface area contributed by atoms with Gasteiger partial charge in [0.25, 0.3) is 0 Å². The van der Waals surface area contributed by atoms with Crippen LogP contribution < -0.4 is 5.32 Å². The Morgan fingerprint density at radius 3 is 3.19 bits per heavy atom. The van der Waals surface area contributed by atoms with Gasteiger partial charge >= 0.3 is 0 Å². The SMILES string of the molecule is C=CCn1ccnc1NCc1sccc1Br. The number of halogens is 1. The first kappa shape index (κ1) is 11.4. The van der Waals surface area contributed by atoms with Crippen molar-refractivity contribution in [2.75, 3.05) is 5.32 Å². The van der Waals surface area contributed by atoms with Crippen molar-refractivity contribution in [1.82, 2.24) is 9.55 Å². The second kappa shape index (κ2) is 5.32. The number of hydrogen-bond acceptors (Lipinski definition) is 3. The van der Waals surface area contributed by atoms with Crippen LogP contribution in [-0.2, 0) is 13.1 Å². The molecule has 0 aromatic carbocycles. The normalized spacial score (nSPS) is 10.3. The molecule has 0 unspecified atom stereocenters. The fourth-order valence-electron chi connectivity index (χ4n) is 1.37. The zero-order chi connectivity index (χ0) is 11.4. The highest BCUT2D eigenvalue weighted by Gasteiger charge is 2.04. The highest BCUT2D eigenvalue weighted by molar-refractivity contribution is 9.10. The summed E-state index contributed by atoms with van der Waals surface area (Å²) in [7, 11) is 0. The number of imidazole rings is 1. The summed E-state index contributed by atoms with van der Waals surface area (Å²) in [6.07, 6.45) is 5.58. The molecule has 0 aliphatic rings. The Morgan fingerprint density at radius 1 is 1.62 bits per heavy atom. The van der Waals surface area contributed by atoms with Crippen molar-refractivity contribution >= 4 is 33.2 Å². The zero-order valence-corrected chi connectivity index (χ0v) is 11.1. The topological polar surface area (TPSA) is 29.9 Å². The average Bonchev–Trinajstić information content (AvgIpc) is 2.86. The van der Waals surface area contributed by atoms with Gasteiger partial charge in [0.05, 0.1) is 6.54 Å². The summed E-state index contributed by atoms with van der Waals surface area (Å²) in [6.45, 7) is 5.27. The molecule has 2 heterocycles. The highest BCUT2D eigenvalue weighted by atomic mass is 79.9. The first-order chi connectivity index (χ1) is 7.81. The molecule has 5 heteroatoms. The number of nitrogens with one attached hydrogen (secondary N) is 1. The van der Waals surface area contributed by atoms with Crippen LogP contribution in [0.5, 0.6) is 0 Å². The molecular formula is C11H12BrN3S. The number of nitrogens with zero attached hydrogens (tertiary/aromatic N) is 2. The predicted octanol–water partition coefficient (Wildman–Crippen LogP) is 3.51. The molecule has 0 saturated heterocycles. The summed E-state index contributed by atoms with van der Waals surface area (Å²) in [5.74, 6) is 0.875. The van der Waals surface area contributed by atoms with E-state index < -0.39 is 0 Å². The van der Waals surface area contributed by atoms with E-state index in [2.05, 4.69) is 44.3 Å². The molecule has 1 N–H and O–H groups in total. The summed E-state index contributed by atoms with van der Waals surface area (Å²) < 4.78 is 3.17. The predicted molar refractivity (Wildman–Crippen MR) is 71.8 cm³/mol. The summed E-state index contributed by atoms with van der Waals surface area (Å²) in [5, 5.41) is 5.37. The molecule has 16 heavy (non-hydrogen) atoms. The van der Waals surface area contributed by atoms with Gasteiger partial charge in [-0.15, -0.1) is 17.9 Å². The molecule has 0 saturated carbocycles. The van der Waals surface area contributed by atoms with Crippen LogP contribution in [0.3, 0.4) is 0 Å². The van der Waals surface area contributed by atoms with Gasteiger partial charge in [-0.05, 0) is 27.4 Å². The van der Waals surface area contributed by atoms with Crippen LogP contribution in [0, 0.1) is 0 Å². The quantitative estimate of drug-likeness (QED) is 0.856. The molecule has 0 aliphatic heterocycles. The Kier molecular flexibility index (Phi) is 3.79. The van der Waals surface area contributed by atoms with Gasteiger partial charge in [0.15, 0.2) is 0 Å². The van der Waals surface area contributed by atoms with E-state index in [4.69, 9.17) is 0 Å². The molecule has 3 nitrogen and oxygen atoms in total. The van der Waals surface area contributed by atoms with Gasteiger partial charge in [-0.3, -0.25) is 0 Å². The van der Waals surface area contributed by atoms with E-state index in [1.54, 1.807) is 17.5 Å². The molecule has 0 spiro atoms. The first-order valence-electron chi connectivity index (χ1n) is 4.89. The monoisotopic (exact) mass is 297 g/mol. The molecule has 0 amide bonds. The molecule has 0 radical (unpaired) electrons. The van der Waals surface area contributed by atoms with Gasteiger partial charge in [0, 0.05) is 28.3 Å². The van der Waals surface area contributed by atoms with E-state index in [0.29, 0.717) is 0 Å². The van der Waals surface area contributed by atoms with Crippen molar-refractivity contribution in [2.24, 2.45) is 0 Å². The second-order valence-electron chi connectivity index (χ2n) is 3.24. The molecule has 84 valence electrons. The van der Waals surface area contributed by atoms with Crippen LogP contribution in [0.2, 0.25) is 0 Å². The van der Waals surface area contributed by atoms with E-state index in [0.717, 1.165) is 23.5 Å². The van der Waals surface area contributed by atoms with Crippen LogP contribution in [0.25, 0.3) is 0 Å².